The van der Waals surface area contributed by atoms with Crippen LogP contribution in [0, 0.1) is 0 Å². The molecular formula is C18H35NO5Si. The smallest absolute Gasteiger partial charge is 0.446 e. The quantitative estimate of drug-likeness (QED) is 0.336. The van der Waals surface area contributed by atoms with Gasteiger partial charge in [0.05, 0.1) is 0 Å². The summed E-state index contributed by atoms with van der Waals surface area (Å²) in [6.45, 7) is 8.07. The second-order valence-electron chi connectivity index (χ2n) is 6.02. The highest BCUT2D eigenvalue weighted by Gasteiger charge is 2.39. The molecule has 0 radical (unpaired) electrons. The molecule has 0 aromatic carbocycles. The molecule has 0 spiro atoms. The Morgan fingerprint density at radius 3 is 2.32 bits per heavy atom. The van der Waals surface area contributed by atoms with Crippen LogP contribution < -0.4 is 5.32 Å². The Hall–Kier alpha value is -0.893. The average Bonchev–Trinajstić information content (AvgIpc) is 2.55. The minimum atomic E-state index is -2.62. The van der Waals surface area contributed by atoms with Gasteiger partial charge in [-0.25, -0.2) is 4.79 Å². The molecule has 1 aliphatic carbocycles. The fourth-order valence-electron chi connectivity index (χ4n) is 2.93. The molecule has 0 aliphatic heterocycles. The maximum atomic E-state index is 12.0. The van der Waals surface area contributed by atoms with E-state index in [9.17, 15) is 4.79 Å². The van der Waals surface area contributed by atoms with Crippen molar-refractivity contribution < 1.29 is 22.8 Å². The van der Waals surface area contributed by atoms with Gasteiger partial charge in [-0.05, 0) is 59.3 Å². The fraction of sp³-hybridized carbons (Fsp3) is 0.833. The third-order valence-corrected chi connectivity index (χ3v) is 7.17. The highest BCUT2D eigenvalue weighted by atomic mass is 28.4. The van der Waals surface area contributed by atoms with E-state index < -0.39 is 8.80 Å². The predicted molar refractivity (Wildman–Crippen MR) is 101 cm³/mol. The predicted octanol–water partition coefficient (Wildman–Crippen LogP) is 4.04. The van der Waals surface area contributed by atoms with Gasteiger partial charge < -0.3 is 23.3 Å². The van der Waals surface area contributed by atoms with Gasteiger partial charge in [0.2, 0.25) is 0 Å². The molecule has 1 N–H and O–H groups in total. The molecule has 1 aliphatic rings. The number of allylic oxidation sites excluding steroid dienone is 2. The van der Waals surface area contributed by atoms with Crippen molar-refractivity contribution >= 4 is 14.9 Å². The Kier molecular flexibility index (Phi) is 11.8. The van der Waals surface area contributed by atoms with E-state index in [1.807, 2.05) is 20.8 Å². The minimum absolute atomic E-state index is 0.0219. The highest BCUT2D eigenvalue weighted by Crippen LogP contribution is 2.18. The zero-order valence-corrected chi connectivity index (χ0v) is 17.1. The van der Waals surface area contributed by atoms with E-state index in [0.29, 0.717) is 32.4 Å². The van der Waals surface area contributed by atoms with Gasteiger partial charge in [0.15, 0.2) is 0 Å². The zero-order chi connectivity index (χ0) is 18.4. The third-order valence-electron chi connectivity index (χ3n) is 4.01. The lowest BCUT2D eigenvalue weighted by molar-refractivity contribution is 0.0699. The lowest BCUT2D eigenvalue weighted by Gasteiger charge is -2.28. The number of amides is 1. The van der Waals surface area contributed by atoms with Crippen LogP contribution in [0.2, 0.25) is 6.04 Å². The molecule has 0 fully saturated rings. The number of rotatable bonds is 11. The molecule has 0 aromatic rings. The SMILES string of the molecule is CCO[Si](CCCNC(=O)OC1CC/C=C\CCC1)(OCC)OCC. The second kappa shape index (κ2) is 13.3. The van der Waals surface area contributed by atoms with Crippen molar-refractivity contribution in [1.29, 1.82) is 0 Å². The van der Waals surface area contributed by atoms with Crippen LogP contribution in [0.25, 0.3) is 0 Å². The number of nitrogens with one attached hydrogen (secondary N) is 1. The maximum Gasteiger partial charge on any atom is 0.500 e. The monoisotopic (exact) mass is 373 g/mol. The van der Waals surface area contributed by atoms with E-state index in [2.05, 4.69) is 17.5 Å². The summed E-state index contributed by atoms with van der Waals surface area (Å²) in [4.78, 5) is 12.0. The summed E-state index contributed by atoms with van der Waals surface area (Å²) in [5.74, 6) is 0. The number of alkyl carbamates (subject to hydrolysis) is 1. The number of ether oxygens (including phenoxy) is 1. The van der Waals surface area contributed by atoms with E-state index in [1.165, 1.54) is 0 Å². The van der Waals surface area contributed by atoms with Gasteiger partial charge in [-0.1, -0.05) is 12.2 Å². The number of carbonyl (C=O) groups excluding carboxylic acids is 1. The second-order valence-corrected chi connectivity index (χ2v) is 8.75. The lowest BCUT2D eigenvalue weighted by Crippen LogP contribution is -2.46. The summed E-state index contributed by atoms with van der Waals surface area (Å²) >= 11 is 0. The molecule has 0 bridgehead atoms. The normalized spacial score (nSPS) is 19.7. The van der Waals surface area contributed by atoms with E-state index in [1.54, 1.807) is 0 Å². The molecule has 0 heterocycles. The van der Waals surface area contributed by atoms with Crippen molar-refractivity contribution in [2.45, 2.75) is 71.4 Å². The maximum absolute atomic E-state index is 12.0. The van der Waals surface area contributed by atoms with Gasteiger partial charge in [-0.15, -0.1) is 0 Å². The average molecular weight is 374 g/mol. The summed E-state index contributed by atoms with van der Waals surface area (Å²) < 4.78 is 23.0. The van der Waals surface area contributed by atoms with Crippen molar-refractivity contribution in [3.8, 4) is 0 Å². The van der Waals surface area contributed by atoms with Crippen LogP contribution in [-0.2, 0) is 18.0 Å². The topological polar surface area (TPSA) is 66.0 Å². The Morgan fingerprint density at radius 2 is 1.68 bits per heavy atom. The van der Waals surface area contributed by atoms with E-state index in [0.717, 1.165) is 38.5 Å². The van der Waals surface area contributed by atoms with Crippen LogP contribution in [0.3, 0.4) is 0 Å². The molecule has 1 atom stereocenters. The number of carbonyl (C=O) groups is 1. The Balaban J connectivity index is 2.31. The first-order valence-corrected chi connectivity index (χ1v) is 11.6. The molecule has 0 saturated heterocycles. The third kappa shape index (κ3) is 9.39. The molecule has 1 rings (SSSR count). The Morgan fingerprint density at radius 1 is 1.04 bits per heavy atom. The first-order chi connectivity index (χ1) is 12.2. The van der Waals surface area contributed by atoms with Gasteiger partial charge in [0.25, 0.3) is 0 Å². The highest BCUT2D eigenvalue weighted by molar-refractivity contribution is 6.60. The number of hydrogen-bond donors (Lipinski definition) is 1. The zero-order valence-electron chi connectivity index (χ0n) is 16.1. The lowest BCUT2D eigenvalue weighted by atomic mass is 10.0. The van der Waals surface area contributed by atoms with Crippen LogP contribution in [0.5, 0.6) is 0 Å². The van der Waals surface area contributed by atoms with E-state index >= 15 is 0 Å². The Labute approximate surface area is 153 Å². The van der Waals surface area contributed by atoms with Crippen LogP contribution in [0.15, 0.2) is 12.2 Å². The molecule has 0 aromatic heterocycles. The molecule has 6 nitrogen and oxygen atoms in total. The molecular weight excluding hydrogens is 338 g/mol. The van der Waals surface area contributed by atoms with Crippen LogP contribution in [-0.4, -0.2) is 47.4 Å². The van der Waals surface area contributed by atoms with Crippen molar-refractivity contribution in [2.24, 2.45) is 0 Å². The molecule has 7 heteroatoms. The summed E-state index contributed by atoms with van der Waals surface area (Å²) in [5, 5.41) is 2.84. The van der Waals surface area contributed by atoms with Crippen LogP contribution >= 0.6 is 0 Å². The molecule has 1 unspecified atom stereocenters. The minimum Gasteiger partial charge on any atom is -0.446 e. The summed E-state index contributed by atoms with van der Waals surface area (Å²) in [6, 6.07) is 0.691. The van der Waals surface area contributed by atoms with E-state index in [-0.39, 0.29) is 12.2 Å². The van der Waals surface area contributed by atoms with Gasteiger partial charge >= 0.3 is 14.9 Å². The molecule has 0 saturated carbocycles. The first-order valence-electron chi connectivity index (χ1n) is 9.67. The van der Waals surface area contributed by atoms with Crippen LogP contribution in [0.1, 0.15) is 59.3 Å². The molecule has 1 amide bonds. The van der Waals surface area contributed by atoms with Crippen LogP contribution in [0.4, 0.5) is 4.79 Å². The summed E-state index contributed by atoms with van der Waals surface area (Å²) in [7, 11) is -2.62. The number of hydrogen-bond acceptors (Lipinski definition) is 5. The summed E-state index contributed by atoms with van der Waals surface area (Å²) in [6.07, 6.45) is 9.78. The van der Waals surface area contributed by atoms with E-state index in [4.69, 9.17) is 18.0 Å². The summed E-state index contributed by atoms with van der Waals surface area (Å²) in [5.41, 5.74) is 0. The van der Waals surface area contributed by atoms with Gasteiger partial charge in [-0.2, -0.15) is 0 Å². The Bertz CT molecular complexity index is 375. The first kappa shape index (κ1) is 22.1. The van der Waals surface area contributed by atoms with Crippen molar-refractivity contribution in [3.05, 3.63) is 12.2 Å². The van der Waals surface area contributed by atoms with Crippen molar-refractivity contribution in [2.75, 3.05) is 26.4 Å². The fourth-order valence-corrected chi connectivity index (χ4v) is 5.55. The van der Waals surface area contributed by atoms with Gasteiger partial charge in [-0.3, -0.25) is 0 Å². The molecule has 146 valence electrons. The van der Waals surface area contributed by atoms with Crippen molar-refractivity contribution in [1.82, 2.24) is 5.32 Å². The van der Waals surface area contributed by atoms with Gasteiger partial charge in [0.1, 0.15) is 6.10 Å². The van der Waals surface area contributed by atoms with Crippen molar-refractivity contribution in [3.63, 3.8) is 0 Å². The standard InChI is InChI=1S/C18H35NO5Si/c1-4-21-25(22-5-2,23-6-3)16-12-15-19-18(20)24-17-13-10-8-7-9-11-14-17/h7-8,17H,4-6,9-16H2,1-3H3,(H,19,20)/b8-7-. The molecule has 25 heavy (non-hydrogen) atoms. The van der Waals surface area contributed by atoms with Gasteiger partial charge in [0, 0.05) is 32.4 Å². The largest absolute Gasteiger partial charge is 0.500 e.